The molecule has 0 aliphatic carbocycles. The van der Waals surface area contributed by atoms with E-state index in [0.29, 0.717) is 0 Å². The van der Waals surface area contributed by atoms with E-state index in [-0.39, 0.29) is 5.91 Å². The maximum Gasteiger partial charge on any atom is 0.254 e. The molecule has 2 aromatic rings. The first kappa shape index (κ1) is 11.1. The van der Waals surface area contributed by atoms with Gasteiger partial charge in [-0.1, -0.05) is 18.2 Å². The molecule has 0 unspecified atom stereocenters. The lowest BCUT2D eigenvalue weighted by Crippen LogP contribution is -2.36. The second-order valence-corrected chi connectivity index (χ2v) is 4.74. The van der Waals surface area contributed by atoms with Gasteiger partial charge in [-0.15, -0.1) is 0 Å². The van der Waals surface area contributed by atoms with Crippen molar-refractivity contribution in [1.29, 1.82) is 0 Å². The van der Waals surface area contributed by atoms with E-state index in [1.54, 1.807) is 0 Å². The summed E-state index contributed by atoms with van der Waals surface area (Å²) in [5.74, 6) is 0.130. The Balaban J connectivity index is 1.82. The molecular formula is C15H16N2O. The Hall–Kier alpha value is -2.03. The van der Waals surface area contributed by atoms with Crippen molar-refractivity contribution in [2.45, 2.75) is 13.0 Å². The van der Waals surface area contributed by atoms with E-state index in [9.17, 15) is 4.79 Å². The normalized spacial score (nSPS) is 14.4. The van der Waals surface area contributed by atoms with Crippen LogP contribution in [0.2, 0.25) is 0 Å². The molecule has 0 spiro atoms. The molecule has 2 heterocycles. The molecule has 1 amide bonds. The maximum atomic E-state index is 12.3. The number of amides is 1. The highest BCUT2D eigenvalue weighted by Crippen LogP contribution is 2.20. The van der Waals surface area contributed by atoms with Gasteiger partial charge >= 0.3 is 0 Å². The molecule has 0 N–H and O–H groups in total. The van der Waals surface area contributed by atoms with Crippen molar-refractivity contribution >= 4 is 5.91 Å². The number of aromatic nitrogens is 1. The largest absolute Gasteiger partial charge is 0.354 e. The van der Waals surface area contributed by atoms with Crippen molar-refractivity contribution in [2.24, 2.45) is 7.05 Å². The van der Waals surface area contributed by atoms with Crippen LogP contribution in [0.3, 0.4) is 0 Å². The molecule has 0 fully saturated rings. The van der Waals surface area contributed by atoms with Crippen LogP contribution >= 0.6 is 0 Å². The molecule has 3 rings (SSSR count). The van der Waals surface area contributed by atoms with E-state index < -0.39 is 0 Å². The van der Waals surface area contributed by atoms with Crippen LogP contribution in [0.25, 0.3) is 0 Å². The number of aryl methyl sites for hydroxylation is 1. The van der Waals surface area contributed by atoms with Gasteiger partial charge in [-0.05, 0) is 23.8 Å². The van der Waals surface area contributed by atoms with E-state index >= 15 is 0 Å². The van der Waals surface area contributed by atoms with Gasteiger partial charge in [0.15, 0.2) is 0 Å². The summed E-state index contributed by atoms with van der Waals surface area (Å²) in [5, 5.41) is 0. The minimum Gasteiger partial charge on any atom is -0.354 e. The maximum absolute atomic E-state index is 12.3. The molecule has 0 saturated heterocycles. The summed E-state index contributed by atoms with van der Waals surface area (Å²) < 4.78 is 2.15. The van der Waals surface area contributed by atoms with Gasteiger partial charge in [0.05, 0.1) is 0 Å². The van der Waals surface area contributed by atoms with Crippen molar-refractivity contribution < 1.29 is 4.79 Å². The highest BCUT2D eigenvalue weighted by molar-refractivity contribution is 5.94. The summed E-state index contributed by atoms with van der Waals surface area (Å²) in [6.07, 6.45) is 3.01. The van der Waals surface area contributed by atoms with Gasteiger partial charge in [0.1, 0.15) is 0 Å². The summed E-state index contributed by atoms with van der Waals surface area (Å²) in [7, 11) is 2.06. The number of rotatable bonds is 1. The number of hydrogen-bond donors (Lipinski definition) is 0. The van der Waals surface area contributed by atoms with Gasteiger partial charge in [-0.25, -0.2) is 0 Å². The standard InChI is InChI=1S/C15H16N2O/c1-16-9-7-13-11-17(10-8-14(13)16)15(18)12-5-3-2-4-6-12/h2-7,9H,8,10-11H2,1H3. The highest BCUT2D eigenvalue weighted by Gasteiger charge is 2.22. The molecule has 0 saturated carbocycles. The summed E-state index contributed by atoms with van der Waals surface area (Å²) >= 11 is 0. The number of nitrogens with zero attached hydrogens (tertiary/aromatic N) is 2. The van der Waals surface area contributed by atoms with Crippen molar-refractivity contribution in [2.75, 3.05) is 6.54 Å². The molecule has 1 aliphatic rings. The van der Waals surface area contributed by atoms with Crippen molar-refractivity contribution in [1.82, 2.24) is 9.47 Å². The minimum absolute atomic E-state index is 0.130. The van der Waals surface area contributed by atoms with Gasteiger partial charge < -0.3 is 9.47 Å². The molecule has 18 heavy (non-hydrogen) atoms. The van der Waals surface area contributed by atoms with Crippen LogP contribution in [0.5, 0.6) is 0 Å². The van der Waals surface area contributed by atoms with Gasteiger partial charge in [0.25, 0.3) is 5.91 Å². The summed E-state index contributed by atoms with van der Waals surface area (Å²) in [4.78, 5) is 14.3. The van der Waals surface area contributed by atoms with Crippen LogP contribution in [-0.4, -0.2) is 21.9 Å². The lowest BCUT2D eigenvalue weighted by molar-refractivity contribution is 0.0733. The SMILES string of the molecule is Cn1ccc2c1CCN(C(=O)c1ccccc1)C2. The second-order valence-electron chi connectivity index (χ2n) is 4.74. The zero-order valence-corrected chi connectivity index (χ0v) is 10.5. The molecule has 3 nitrogen and oxygen atoms in total. The number of carbonyl (C=O) groups is 1. The fourth-order valence-corrected chi connectivity index (χ4v) is 2.56. The Labute approximate surface area is 107 Å². The quantitative estimate of drug-likeness (QED) is 0.750. The monoisotopic (exact) mass is 240 g/mol. The number of fused-ring (bicyclic) bond motifs is 1. The third kappa shape index (κ3) is 1.82. The van der Waals surface area contributed by atoms with Crippen LogP contribution in [-0.2, 0) is 20.0 Å². The second kappa shape index (κ2) is 4.33. The molecule has 1 aliphatic heterocycles. The zero-order valence-electron chi connectivity index (χ0n) is 10.5. The minimum atomic E-state index is 0.130. The Morgan fingerprint density at radius 1 is 1.17 bits per heavy atom. The molecule has 92 valence electrons. The average molecular weight is 240 g/mol. The topological polar surface area (TPSA) is 25.2 Å². The lowest BCUT2D eigenvalue weighted by atomic mass is 10.1. The number of benzene rings is 1. The molecule has 0 radical (unpaired) electrons. The predicted octanol–water partition coefficient (Wildman–Crippen LogP) is 2.22. The molecule has 0 atom stereocenters. The number of hydrogen-bond acceptors (Lipinski definition) is 1. The first-order chi connectivity index (χ1) is 8.75. The average Bonchev–Trinajstić information content (AvgIpc) is 2.80. The van der Waals surface area contributed by atoms with Crippen molar-refractivity contribution in [3.05, 3.63) is 59.4 Å². The Morgan fingerprint density at radius 3 is 2.72 bits per heavy atom. The van der Waals surface area contributed by atoms with Gasteiger partial charge in [0.2, 0.25) is 0 Å². The Morgan fingerprint density at radius 2 is 1.94 bits per heavy atom. The van der Waals surface area contributed by atoms with Crippen molar-refractivity contribution in [3.8, 4) is 0 Å². The summed E-state index contributed by atoms with van der Waals surface area (Å²) in [5.41, 5.74) is 3.40. The van der Waals surface area contributed by atoms with Crippen LogP contribution in [0.4, 0.5) is 0 Å². The molecule has 1 aromatic carbocycles. The summed E-state index contributed by atoms with van der Waals surface area (Å²) in [6, 6.07) is 11.6. The van der Waals surface area contributed by atoms with E-state index in [4.69, 9.17) is 0 Å². The molecule has 3 heteroatoms. The molecular weight excluding hydrogens is 224 g/mol. The fraction of sp³-hybridized carbons (Fsp3) is 0.267. The smallest absolute Gasteiger partial charge is 0.254 e. The zero-order chi connectivity index (χ0) is 12.5. The Bertz CT molecular complexity index is 571. The van der Waals surface area contributed by atoms with Crippen LogP contribution < -0.4 is 0 Å². The van der Waals surface area contributed by atoms with E-state index in [1.807, 2.05) is 35.2 Å². The van der Waals surface area contributed by atoms with Gasteiger partial charge in [-0.2, -0.15) is 0 Å². The first-order valence-electron chi connectivity index (χ1n) is 6.23. The molecule has 1 aromatic heterocycles. The molecule has 0 bridgehead atoms. The van der Waals surface area contributed by atoms with Crippen LogP contribution in [0, 0.1) is 0 Å². The summed E-state index contributed by atoms with van der Waals surface area (Å²) in [6.45, 7) is 1.53. The van der Waals surface area contributed by atoms with Crippen LogP contribution in [0.1, 0.15) is 21.6 Å². The van der Waals surface area contributed by atoms with Crippen LogP contribution in [0.15, 0.2) is 42.6 Å². The fourth-order valence-electron chi connectivity index (χ4n) is 2.56. The van der Waals surface area contributed by atoms with E-state index in [0.717, 1.165) is 25.1 Å². The van der Waals surface area contributed by atoms with Gasteiger partial charge in [-0.3, -0.25) is 4.79 Å². The van der Waals surface area contributed by atoms with E-state index in [1.165, 1.54) is 11.3 Å². The van der Waals surface area contributed by atoms with E-state index in [2.05, 4.69) is 23.9 Å². The highest BCUT2D eigenvalue weighted by atomic mass is 16.2. The third-order valence-corrected chi connectivity index (χ3v) is 3.58. The number of carbonyl (C=O) groups excluding carboxylic acids is 1. The van der Waals surface area contributed by atoms with Crippen molar-refractivity contribution in [3.63, 3.8) is 0 Å². The first-order valence-corrected chi connectivity index (χ1v) is 6.23. The lowest BCUT2D eigenvalue weighted by Gasteiger charge is -2.27. The third-order valence-electron chi connectivity index (χ3n) is 3.58. The Kier molecular flexibility index (Phi) is 2.67. The predicted molar refractivity (Wildman–Crippen MR) is 70.3 cm³/mol. The van der Waals surface area contributed by atoms with Gasteiger partial charge in [0, 0.05) is 44.0 Å².